The van der Waals surface area contributed by atoms with Crippen molar-refractivity contribution < 1.29 is 0 Å². The van der Waals surface area contributed by atoms with Crippen molar-refractivity contribution in [2.24, 2.45) is 0 Å². The van der Waals surface area contributed by atoms with Crippen LogP contribution in [0.4, 0.5) is 5.69 Å². The third-order valence-electron chi connectivity index (χ3n) is 4.40. The lowest BCUT2D eigenvalue weighted by Crippen LogP contribution is -2.46. The molecule has 0 aliphatic carbocycles. The van der Waals surface area contributed by atoms with Gasteiger partial charge in [0.15, 0.2) is 0 Å². The normalized spacial score (nSPS) is 15.3. The van der Waals surface area contributed by atoms with E-state index in [1.54, 1.807) is 0 Å². The molecule has 2 heterocycles. The van der Waals surface area contributed by atoms with Crippen LogP contribution in [-0.2, 0) is 0 Å². The van der Waals surface area contributed by atoms with Crippen molar-refractivity contribution in [3.05, 3.63) is 36.5 Å². The Morgan fingerprint density at radius 1 is 0.957 bits per heavy atom. The minimum Gasteiger partial charge on any atom is -0.367 e. The van der Waals surface area contributed by atoms with Gasteiger partial charge in [0.2, 0.25) is 0 Å². The number of anilines is 1. The molecule has 0 atom stereocenters. The first-order chi connectivity index (χ1) is 11.4. The summed E-state index contributed by atoms with van der Waals surface area (Å²) >= 11 is 0. The molecule has 1 saturated heterocycles. The summed E-state index contributed by atoms with van der Waals surface area (Å²) in [5.41, 5.74) is 2.43. The Morgan fingerprint density at radius 2 is 1.70 bits per heavy atom. The van der Waals surface area contributed by atoms with Crippen LogP contribution in [0, 0.1) is 0 Å². The molecule has 0 amide bonds. The number of fused-ring (bicyclic) bond motifs is 1. The Hall–Kier alpha value is -1.61. The second kappa shape index (κ2) is 9.51. The number of rotatable bonds is 5. The van der Waals surface area contributed by atoms with Crippen molar-refractivity contribution in [1.82, 2.24) is 9.88 Å². The van der Waals surface area contributed by atoms with Crippen molar-refractivity contribution in [3.63, 3.8) is 0 Å². The Bertz CT molecular complexity index is 569. The van der Waals surface area contributed by atoms with Crippen LogP contribution in [0.5, 0.6) is 0 Å². The molecule has 0 N–H and O–H groups in total. The zero-order valence-electron chi connectivity index (χ0n) is 15.0. The smallest absolute Gasteiger partial charge is 0.0935 e. The molecule has 0 radical (unpaired) electrons. The summed E-state index contributed by atoms with van der Waals surface area (Å²) in [5.74, 6) is 0. The summed E-state index contributed by atoms with van der Waals surface area (Å²) in [4.78, 5) is 9.67. The van der Waals surface area contributed by atoms with Gasteiger partial charge in [-0.3, -0.25) is 9.88 Å². The van der Waals surface area contributed by atoms with E-state index >= 15 is 0 Å². The van der Waals surface area contributed by atoms with Crippen molar-refractivity contribution in [1.29, 1.82) is 0 Å². The second-order valence-electron chi connectivity index (χ2n) is 5.89. The fraction of sp³-hybridized carbons (Fsp3) is 0.550. The molecular weight excluding hydrogens is 282 g/mol. The Balaban J connectivity index is 0.000000924. The largest absolute Gasteiger partial charge is 0.367 e. The Kier molecular flexibility index (Phi) is 7.34. The van der Waals surface area contributed by atoms with Gasteiger partial charge in [0.1, 0.15) is 0 Å². The fourth-order valence-electron chi connectivity index (χ4n) is 3.14. The molecule has 1 fully saturated rings. The van der Waals surface area contributed by atoms with E-state index in [4.69, 9.17) is 0 Å². The molecule has 0 bridgehead atoms. The molecule has 1 aromatic heterocycles. The SMILES string of the molecule is CC.CCCCCN1CCN(c2cccc3cccnc23)CC1. The third-order valence-corrected chi connectivity index (χ3v) is 4.40. The van der Waals surface area contributed by atoms with E-state index in [0.717, 1.165) is 18.6 Å². The quantitative estimate of drug-likeness (QED) is 0.754. The lowest BCUT2D eigenvalue weighted by Gasteiger charge is -2.36. The first-order valence-electron chi connectivity index (χ1n) is 9.19. The number of hydrogen-bond donors (Lipinski definition) is 0. The van der Waals surface area contributed by atoms with Gasteiger partial charge in [0.05, 0.1) is 11.2 Å². The van der Waals surface area contributed by atoms with Crippen LogP contribution in [0.3, 0.4) is 0 Å². The maximum Gasteiger partial charge on any atom is 0.0935 e. The van der Waals surface area contributed by atoms with Crippen molar-refractivity contribution in [2.45, 2.75) is 40.0 Å². The summed E-state index contributed by atoms with van der Waals surface area (Å²) in [6.45, 7) is 12.1. The number of benzene rings is 1. The Morgan fingerprint density at radius 3 is 2.43 bits per heavy atom. The topological polar surface area (TPSA) is 19.4 Å². The predicted octanol–water partition coefficient (Wildman–Crippen LogP) is 4.57. The van der Waals surface area contributed by atoms with Gasteiger partial charge in [0, 0.05) is 37.8 Å². The van der Waals surface area contributed by atoms with Crippen LogP contribution in [0.1, 0.15) is 40.0 Å². The standard InChI is InChI=1S/C18H25N3.C2H6/c1-2-3-4-11-20-12-14-21(15-13-20)17-9-5-7-16-8-6-10-19-18(16)17;1-2/h5-10H,2-4,11-15H2,1H3;1-2H3. The highest BCUT2D eigenvalue weighted by Crippen LogP contribution is 2.25. The van der Waals surface area contributed by atoms with Gasteiger partial charge in [-0.05, 0) is 25.1 Å². The van der Waals surface area contributed by atoms with Gasteiger partial charge in [-0.1, -0.05) is 51.8 Å². The van der Waals surface area contributed by atoms with Gasteiger partial charge in [-0.15, -0.1) is 0 Å². The number of aromatic nitrogens is 1. The summed E-state index contributed by atoms with van der Waals surface area (Å²) in [6, 6.07) is 10.7. The first-order valence-corrected chi connectivity index (χ1v) is 9.19. The average Bonchev–Trinajstić information content (AvgIpc) is 2.64. The van der Waals surface area contributed by atoms with Crippen LogP contribution in [-0.4, -0.2) is 42.6 Å². The second-order valence-corrected chi connectivity index (χ2v) is 5.89. The van der Waals surface area contributed by atoms with E-state index < -0.39 is 0 Å². The number of para-hydroxylation sites is 1. The van der Waals surface area contributed by atoms with E-state index in [-0.39, 0.29) is 0 Å². The Labute approximate surface area is 141 Å². The molecule has 1 aliphatic heterocycles. The monoisotopic (exact) mass is 313 g/mol. The van der Waals surface area contributed by atoms with Crippen LogP contribution in [0.25, 0.3) is 10.9 Å². The molecule has 3 rings (SSSR count). The predicted molar refractivity (Wildman–Crippen MR) is 101 cm³/mol. The van der Waals surface area contributed by atoms with Crippen molar-refractivity contribution in [3.8, 4) is 0 Å². The molecule has 0 spiro atoms. The van der Waals surface area contributed by atoms with E-state index in [1.807, 2.05) is 26.1 Å². The van der Waals surface area contributed by atoms with Crippen LogP contribution in [0.2, 0.25) is 0 Å². The molecule has 0 saturated carbocycles. The highest BCUT2D eigenvalue weighted by Gasteiger charge is 2.18. The van der Waals surface area contributed by atoms with Gasteiger partial charge >= 0.3 is 0 Å². The van der Waals surface area contributed by atoms with E-state index in [1.165, 1.54) is 50.0 Å². The van der Waals surface area contributed by atoms with Crippen LogP contribution >= 0.6 is 0 Å². The van der Waals surface area contributed by atoms with E-state index in [9.17, 15) is 0 Å². The summed E-state index contributed by atoms with van der Waals surface area (Å²) < 4.78 is 0. The van der Waals surface area contributed by atoms with Crippen molar-refractivity contribution in [2.75, 3.05) is 37.6 Å². The number of unbranched alkanes of at least 4 members (excludes halogenated alkanes) is 2. The fourth-order valence-corrected chi connectivity index (χ4v) is 3.14. The number of nitrogens with zero attached hydrogens (tertiary/aromatic N) is 3. The van der Waals surface area contributed by atoms with Gasteiger partial charge in [0.25, 0.3) is 0 Å². The molecule has 1 aliphatic rings. The third kappa shape index (κ3) is 4.68. The van der Waals surface area contributed by atoms with Crippen molar-refractivity contribution >= 4 is 16.6 Å². The van der Waals surface area contributed by atoms with E-state index in [2.05, 4.69) is 46.0 Å². The maximum atomic E-state index is 4.58. The van der Waals surface area contributed by atoms with Crippen LogP contribution in [0.15, 0.2) is 36.5 Å². The lowest BCUT2D eigenvalue weighted by atomic mass is 10.1. The minimum atomic E-state index is 1.11. The van der Waals surface area contributed by atoms with Gasteiger partial charge in [-0.25, -0.2) is 0 Å². The highest BCUT2D eigenvalue weighted by molar-refractivity contribution is 5.90. The first kappa shape index (κ1) is 17.7. The molecule has 0 unspecified atom stereocenters. The summed E-state index contributed by atoms with van der Waals surface area (Å²) in [6.07, 6.45) is 5.90. The van der Waals surface area contributed by atoms with Crippen LogP contribution < -0.4 is 4.90 Å². The number of pyridine rings is 1. The number of hydrogen-bond acceptors (Lipinski definition) is 3. The molecule has 3 heteroatoms. The highest BCUT2D eigenvalue weighted by atomic mass is 15.3. The zero-order chi connectivity index (χ0) is 16.5. The molecular formula is C20H31N3. The minimum absolute atomic E-state index is 1.11. The summed E-state index contributed by atoms with van der Waals surface area (Å²) in [7, 11) is 0. The summed E-state index contributed by atoms with van der Waals surface area (Å²) in [5, 5.41) is 1.24. The molecule has 3 nitrogen and oxygen atoms in total. The van der Waals surface area contributed by atoms with Gasteiger partial charge in [-0.2, -0.15) is 0 Å². The van der Waals surface area contributed by atoms with E-state index in [0.29, 0.717) is 0 Å². The zero-order valence-corrected chi connectivity index (χ0v) is 15.0. The average molecular weight is 313 g/mol. The van der Waals surface area contributed by atoms with Gasteiger partial charge < -0.3 is 4.90 Å². The molecule has 2 aromatic rings. The molecule has 126 valence electrons. The maximum absolute atomic E-state index is 4.58. The lowest BCUT2D eigenvalue weighted by molar-refractivity contribution is 0.253. The molecule has 1 aromatic carbocycles. The number of piperazine rings is 1. The molecule has 23 heavy (non-hydrogen) atoms.